The Morgan fingerprint density at radius 1 is 1.67 bits per heavy atom. The number of oxazole rings is 1. The molecule has 0 bridgehead atoms. The van der Waals surface area contributed by atoms with E-state index in [4.69, 9.17) is 4.42 Å². The summed E-state index contributed by atoms with van der Waals surface area (Å²) in [7, 11) is 0. The average molecular weight is 208 g/mol. The molecule has 4 nitrogen and oxygen atoms in total. The van der Waals surface area contributed by atoms with Crippen molar-refractivity contribution in [1.82, 2.24) is 9.88 Å². The fraction of sp³-hybridized carbons (Fsp3) is 0.636. The summed E-state index contributed by atoms with van der Waals surface area (Å²) in [5.74, 6) is 1.19. The van der Waals surface area contributed by atoms with Gasteiger partial charge in [0.15, 0.2) is 5.89 Å². The first-order valence-corrected chi connectivity index (χ1v) is 5.34. The van der Waals surface area contributed by atoms with Crippen LogP contribution in [0.15, 0.2) is 10.7 Å². The molecule has 82 valence electrons. The van der Waals surface area contributed by atoms with E-state index in [0.29, 0.717) is 0 Å². The Labute approximate surface area is 89.3 Å². The van der Waals surface area contributed by atoms with Crippen LogP contribution < -0.4 is 0 Å². The topological polar surface area (TPSA) is 46.3 Å². The van der Waals surface area contributed by atoms with Crippen LogP contribution in [0.25, 0.3) is 0 Å². The van der Waals surface area contributed by atoms with Gasteiger partial charge in [0.2, 0.25) is 5.91 Å². The molecule has 1 fully saturated rings. The number of aromatic nitrogens is 1. The number of nitrogens with zero attached hydrogens (tertiary/aromatic N) is 2. The van der Waals surface area contributed by atoms with Gasteiger partial charge in [0.25, 0.3) is 0 Å². The lowest BCUT2D eigenvalue weighted by atomic mass is 9.98. The minimum Gasteiger partial charge on any atom is -0.448 e. The number of rotatable bonds is 1. The third-order valence-corrected chi connectivity index (χ3v) is 2.85. The fourth-order valence-electron chi connectivity index (χ4n) is 2.02. The molecule has 1 aliphatic rings. The molecule has 1 aliphatic heterocycles. The second-order valence-corrected chi connectivity index (χ2v) is 4.13. The van der Waals surface area contributed by atoms with E-state index in [9.17, 15) is 4.79 Å². The monoisotopic (exact) mass is 208 g/mol. The van der Waals surface area contributed by atoms with Crippen LogP contribution in [0.2, 0.25) is 0 Å². The molecule has 1 saturated heterocycles. The first kappa shape index (κ1) is 10.2. The zero-order chi connectivity index (χ0) is 10.8. The second kappa shape index (κ2) is 4.04. The molecule has 0 radical (unpaired) electrons. The fourth-order valence-corrected chi connectivity index (χ4v) is 2.02. The predicted molar refractivity (Wildman–Crippen MR) is 55.5 cm³/mol. The predicted octanol–water partition coefficient (Wildman–Crippen LogP) is 1.71. The van der Waals surface area contributed by atoms with Crippen molar-refractivity contribution in [2.24, 2.45) is 0 Å². The number of piperidine rings is 1. The van der Waals surface area contributed by atoms with Gasteiger partial charge in [0, 0.05) is 20.0 Å². The summed E-state index contributed by atoms with van der Waals surface area (Å²) in [6.45, 7) is 5.14. The minimum atomic E-state index is 0.142. The Balaban J connectivity index is 2.07. The van der Waals surface area contributed by atoms with Gasteiger partial charge in [-0.1, -0.05) is 0 Å². The zero-order valence-corrected chi connectivity index (χ0v) is 9.19. The number of aryl methyl sites for hydroxylation is 1. The molecule has 4 heteroatoms. The lowest BCUT2D eigenvalue weighted by molar-refractivity contribution is -0.130. The third kappa shape index (κ3) is 2.19. The van der Waals surface area contributed by atoms with Crippen molar-refractivity contribution in [2.75, 3.05) is 13.1 Å². The Kier molecular flexibility index (Phi) is 2.75. The van der Waals surface area contributed by atoms with Crippen molar-refractivity contribution in [3.8, 4) is 0 Å². The van der Waals surface area contributed by atoms with Gasteiger partial charge in [-0.2, -0.15) is 0 Å². The van der Waals surface area contributed by atoms with Crippen LogP contribution in [0.3, 0.4) is 0 Å². The van der Waals surface area contributed by atoms with E-state index in [1.54, 1.807) is 13.2 Å². The minimum absolute atomic E-state index is 0.142. The number of hydrogen-bond donors (Lipinski definition) is 0. The highest BCUT2D eigenvalue weighted by Gasteiger charge is 2.25. The molecule has 0 aromatic carbocycles. The lowest BCUT2D eigenvalue weighted by Crippen LogP contribution is -2.37. The number of hydrogen-bond acceptors (Lipinski definition) is 3. The molecular weight excluding hydrogens is 192 g/mol. The van der Waals surface area contributed by atoms with Crippen LogP contribution >= 0.6 is 0 Å². The summed E-state index contributed by atoms with van der Waals surface area (Å²) in [6.07, 6.45) is 3.76. The van der Waals surface area contributed by atoms with E-state index in [1.165, 1.54) is 0 Å². The normalized spacial score (nSPS) is 21.7. The highest BCUT2D eigenvalue weighted by atomic mass is 16.3. The molecule has 0 aliphatic carbocycles. The molecule has 1 atom stereocenters. The average Bonchev–Trinajstić information content (AvgIpc) is 2.65. The van der Waals surface area contributed by atoms with Crippen molar-refractivity contribution < 1.29 is 9.21 Å². The maximum atomic E-state index is 11.3. The van der Waals surface area contributed by atoms with Crippen molar-refractivity contribution in [3.05, 3.63) is 17.8 Å². The maximum Gasteiger partial charge on any atom is 0.219 e. The van der Waals surface area contributed by atoms with Crippen LogP contribution in [0.1, 0.15) is 37.3 Å². The van der Waals surface area contributed by atoms with Crippen molar-refractivity contribution >= 4 is 5.91 Å². The van der Waals surface area contributed by atoms with Gasteiger partial charge >= 0.3 is 0 Å². The first-order chi connectivity index (χ1) is 7.16. The standard InChI is InChI=1S/C11H16N2O2/c1-8-7-15-11(12-8)10-4-3-5-13(6-10)9(2)14/h7,10H,3-6H2,1-2H3. The highest BCUT2D eigenvalue weighted by Crippen LogP contribution is 2.26. The highest BCUT2D eigenvalue weighted by molar-refractivity contribution is 5.73. The van der Waals surface area contributed by atoms with E-state index in [2.05, 4.69) is 4.98 Å². The smallest absolute Gasteiger partial charge is 0.219 e. The lowest BCUT2D eigenvalue weighted by Gasteiger charge is -2.30. The molecule has 0 saturated carbocycles. The molecule has 0 spiro atoms. The van der Waals surface area contributed by atoms with Crippen LogP contribution in [0.4, 0.5) is 0 Å². The summed E-state index contributed by atoms with van der Waals surface area (Å²) >= 11 is 0. The molecule has 1 aromatic rings. The number of carbonyl (C=O) groups is 1. The van der Waals surface area contributed by atoms with E-state index < -0.39 is 0 Å². The number of likely N-dealkylation sites (tertiary alicyclic amines) is 1. The van der Waals surface area contributed by atoms with E-state index >= 15 is 0 Å². The Bertz CT molecular complexity index is 359. The summed E-state index contributed by atoms with van der Waals surface area (Å²) < 4.78 is 5.38. The summed E-state index contributed by atoms with van der Waals surface area (Å²) in [5, 5.41) is 0. The van der Waals surface area contributed by atoms with Gasteiger partial charge in [-0.25, -0.2) is 4.98 Å². The van der Waals surface area contributed by atoms with Gasteiger partial charge in [0.05, 0.1) is 11.6 Å². The largest absolute Gasteiger partial charge is 0.448 e. The van der Waals surface area contributed by atoms with Crippen LogP contribution in [-0.2, 0) is 4.79 Å². The summed E-state index contributed by atoms with van der Waals surface area (Å²) in [6, 6.07) is 0. The summed E-state index contributed by atoms with van der Waals surface area (Å²) in [5.41, 5.74) is 0.907. The van der Waals surface area contributed by atoms with Crippen molar-refractivity contribution in [1.29, 1.82) is 0 Å². The number of carbonyl (C=O) groups excluding carboxylic acids is 1. The Morgan fingerprint density at radius 3 is 3.07 bits per heavy atom. The third-order valence-electron chi connectivity index (χ3n) is 2.85. The summed E-state index contributed by atoms with van der Waals surface area (Å²) in [4.78, 5) is 17.4. The van der Waals surface area contributed by atoms with E-state index in [0.717, 1.165) is 37.5 Å². The molecule has 2 heterocycles. The van der Waals surface area contributed by atoms with E-state index in [1.807, 2.05) is 11.8 Å². The first-order valence-electron chi connectivity index (χ1n) is 5.34. The van der Waals surface area contributed by atoms with Gasteiger partial charge < -0.3 is 9.32 Å². The SMILES string of the molecule is CC(=O)N1CCCC(c2nc(C)co2)C1. The van der Waals surface area contributed by atoms with E-state index in [-0.39, 0.29) is 11.8 Å². The maximum absolute atomic E-state index is 11.3. The van der Waals surface area contributed by atoms with Crippen LogP contribution in [0.5, 0.6) is 0 Å². The molecular formula is C11H16N2O2. The molecule has 2 rings (SSSR count). The molecule has 1 amide bonds. The zero-order valence-electron chi connectivity index (χ0n) is 9.19. The second-order valence-electron chi connectivity index (χ2n) is 4.13. The molecule has 1 unspecified atom stereocenters. The number of amides is 1. The molecule has 15 heavy (non-hydrogen) atoms. The van der Waals surface area contributed by atoms with Gasteiger partial charge in [-0.3, -0.25) is 4.79 Å². The quantitative estimate of drug-likeness (QED) is 0.705. The van der Waals surface area contributed by atoms with Gasteiger partial charge in [-0.15, -0.1) is 0 Å². The van der Waals surface area contributed by atoms with Gasteiger partial charge in [-0.05, 0) is 19.8 Å². The Morgan fingerprint density at radius 2 is 2.47 bits per heavy atom. The molecule has 1 aromatic heterocycles. The Hall–Kier alpha value is -1.32. The van der Waals surface area contributed by atoms with Crippen LogP contribution in [0, 0.1) is 6.92 Å². The van der Waals surface area contributed by atoms with Crippen LogP contribution in [-0.4, -0.2) is 28.9 Å². The van der Waals surface area contributed by atoms with Crippen molar-refractivity contribution in [2.45, 2.75) is 32.6 Å². The van der Waals surface area contributed by atoms with Gasteiger partial charge in [0.1, 0.15) is 6.26 Å². The molecule has 0 N–H and O–H groups in total. The van der Waals surface area contributed by atoms with Crippen molar-refractivity contribution in [3.63, 3.8) is 0 Å².